The van der Waals surface area contributed by atoms with E-state index in [1.165, 1.54) is 5.56 Å². The summed E-state index contributed by atoms with van der Waals surface area (Å²) in [6.45, 7) is 2.67. The van der Waals surface area contributed by atoms with Crippen molar-refractivity contribution in [3.8, 4) is 11.4 Å². The number of carbonyl (C=O) groups excluding carboxylic acids is 1. The molecule has 1 saturated heterocycles. The number of aryl methyl sites for hydroxylation is 2. The van der Waals surface area contributed by atoms with Crippen molar-refractivity contribution in [2.45, 2.75) is 32.2 Å². The second-order valence-electron chi connectivity index (χ2n) is 8.66. The van der Waals surface area contributed by atoms with Gasteiger partial charge in [0, 0.05) is 39.3 Å². The first-order valence-corrected chi connectivity index (χ1v) is 11.3. The predicted octanol–water partition coefficient (Wildman–Crippen LogP) is 3.70. The van der Waals surface area contributed by atoms with E-state index in [-0.39, 0.29) is 5.91 Å². The number of fused-ring (bicyclic) bond motifs is 1. The van der Waals surface area contributed by atoms with Gasteiger partial charge < -0.3 is 9.47 Å². The normalized spacial score (nSPS) is 14.8. The summed E-state index contributed by atoms with van der Waals surface area (Å²) in [6, 6.07) is 16.4. The Kier molecular flexibility index (Phi) is 5.71. The van der Waals surface area contributed by atoms with E-state index in [0.29, 0.717) is 12.3 Å². The molecule has 0 N–H and O–H groups in total. The molecule has 1 fully saturated rings. The van der Waals surface area contributed by atoms with Crippen LogP contribution in [0, 0.1) is 5.92 Å². The minimum atomic E-state index is 0.277. The highest BCUT2D eigenvalue weighted by Gasteiger charge is 2.23. The van der Waals surface area contributed by atoms with E-state index in [1.807, 2.05) is 42.4 Å². The molecule has 7 nitrogen and oxygen atoms in total. The molecule has 1 aliphatic heterocycles. The monoisotopic (exact) mass is 428 g/mol. The van der Waals surface area contributed by atoms with Gasteiger partial charge in [-0.25, -0.2) is 4.98 Å². The van der Waals surface area contributed by atoms with Crippen LogP contribution < -0.4 is 0 Å². The molecule has 32 heavy (non-hydrogen) atoms. The van der Waals surface area contributed by atoms with Crippen molar-refractivity contribution < 1.29 is 4.79 Å². The van der Waals surface area contributed by atoms with Crippen molar-refractivity contribution in [3.63, 3.8) is 0 Å². The van der Waals surface area contributed by atoms with Crippen LogP contribution in [0.15, 0.2) is 60.9 Å². The average Bonchev–Trinajstić information content (AvgIpc) is 3.44. The van der Waals surface area contributed by atoms with E-state index in [1.54, 1.807) is 4.68 Å². The van der Waals surface area contributed by atoms with Gasteiger partial charge >= 0.3 is 0 Å². The minimum absolute atomic E-state index is 0.277. The lowest BCUT2D eigenvalue weighted by Gasteiger charge is -2.32. The zero-order valence-corrected chi connectivity index (χ0v) is 18.4. The fraction of sp³-hybridized carbons (Fsp3) is 0.360. The maximum Gasteiger partial charge on any atom is 0.222 e. The lowest BCUT2D eigenvalue weighted by Crippen LogP contribution is -2.39. The van der Waals surface area contributed by atoms with Gasteiger partial charge in [-0.05, 0) is 48.9 Å². The van der Waals surface area contributed by atoms with Gasteiger partial charge in [0.05, 0.1) is 22.9 Å². The zero-order chi connectivity index (χ0) is 21.9. The summed E-state index contributed by atoms with van der Waals surface area (Å²) in [4.78, 5) is 19.4. The third-order valence-corrected chi connectivity index (χ3v) is 6.38. The lowest BCUT2D eigenvalue weighted by atomic mass is 9.96. The van der Waals surface area contributed by atoms with Crippen molar-refractivity contribution in [1.29, 1.82) is 0 Å². The molecule has 4 aromatic rings. The van der Waals surface area contributed by atoms with E-state index in [9.17, 15) is 4.79 Å². The molecule has 7 heteroatoms. The summed E-state index contributed by atoms with van der Waals surface area (Å²) in [6.07, 6.45) is 7.49. The second-order valence-corrected chi connectivity index (χ2v) is 8.66. The molecule has 4 heterocycles. The van der Waals surface area contributed by atoms with Crippen LogP contribution in [0.4, 0.5) is 0 Å². The summed E-state index contributed by atoms with van der Waals surface area (Å²) in [5, 5.41) is 8.15. The van der Waals surface area contributed by atoms with E-state index >= 15 is 0 Å². The Bertz CT molecular complexity index is 1200. The second kappa shape index (κ2) is 8.94. The van der Waals surface area contributed by atoms with Crippen molar-refractivity contribution in [1.82, 2.24) is 29.4 Å². The van der Waals surface area contributed by atoms with Crippen LogP contribution in [0.5, 0.6) is 0 Å². The van der Waals surface area contributed by atoms with Crippen LogP contribution in [-0.4, -0.2) is 48.4 Å². The quantitative estimate of drug-likeness (QED) is 0.470. The molecule has 3 aromatic heterocycles. The smallest absolute Gasteiger partial charge is 0.222 e. The van der Waals surface area contributed by atoms with Crippen molar-refractivity contribution in [2.24, 2.45) is 13.0 Å². The van der Waals surface area contributed by atoms with Gasteiger partial charge in [0.15, 0.2) is 0 Å². The number of carbonyl (C=O) groups is 1. The summed E-state index contributed by atoms with van der Waals surface area (Å²) < 4.78 is 3.98. The number of benzene rings is 1. The van der Waals surface area contributed by atoms with E-state index in [2.05, 4.69) is 45.3 Å². The van der Waals surface area contributed by atoms with Gasteiger partial charge in [-0.15, -0.1) is 5.10 Å². The van der Waals surface area contributed by atoms with Crippen LogP contribution in [0.1, 0.15) is 24.8 Å². The van der Waals surface area contributed by atoms with Crippen LogP contribution in [-0.2, 0) is 24.8 Å². The van der Waals surface area contributed by atoms with Gasteiger partial charge in [-0.3, -0.25) is 9.48 Å². The molecule has 1 aliphatic rings. The van der Waals surface area contributed by atoms with Gasteiger partial charge in [-0.2, -0.15) is 0 Å². The Morgan fingerprint density at radius 3 is 2.59 bits per heavy atom. The molecular formula is C25H28N6O. The largest absolute Gasteiger partial charge is 0.346 e. The number of hydrogen-bond donors (Lipinski definition) is 0. The molecule has 0 aliphatic carbocycles. The Labute approximate surface area is 187 Å². The molecule has 5 rings (SSSR count). The first-order chi connectivity index (χ1) is 15.7. The summed E-state index contributed by atoms with van der Waals surface area (Å²) in [5.74, 6) is 0.850. The maximum atomic E-state index is 12.6. The van der Waals surface area contributed by atoms with Gasteiger partial charge in [0.25, 0.3) is 0 Å². The Morgan fingerprint density at radius 2 is 1.84 bits per heavy atom. The Morgan fingerprint density at radius 1 is 1.03 bits per heavy atom. The highest BCUT2D eigenvalue weighted by molar-refractivity contribution is 5.79. The third-order valence-electron chi connectivity index (χ3n) is 6.38. The standard InChI is InChI=1S/C25H28N6O/c1-29-18-23(27-28-29)21-8-9-24-22(26-21)13-16-31(24)17-20-11-14-30(15-12-20)25(32)10-7-19-5-3-2-4-6-19/h2-6,8-9,13,16,18,20H,7,10-12,14-15,17H2,1H3. The Hall–Kier alpha value is -3.48. The molecule has 0 atom stereocenters. The Balaban J connectivity index is 1.17. The predicted molar refractivity (Wildman–Crippen MR) is 124 cm³/mol. The van der Waals surface area contributed by atoms with Crippen LogP contribution in [0.3, 0.4) is 0 Å². The summed E-state index contributed by atoms with van der Waals surface area (Å²) in [5.41, 5.74) is 4.96. The summed E-state index contributed by atoms with van der Waals surface area (Å²) in [7, 11) is 1.85. The van der Waals surface area contributed by atoms with Crippen LogP contribution >= 0.6 is 0 Å². The third kappa shape index (κ3) is 4.42. The van der Waals surface area contributed by atoms with Crippen LogP contribution in [0.2, 0.25) is 0 Å². The van der Waals surface area contributed by atoms with Crippen LogP contribution in [0.25, 0.3) is 22.4 Å². The number of nitrogens with zero attached hydrogens (tertiary/aromatic N) is 6. The fourth-order valence-corrected chi connectivity index (χ4v) is 4.54. The molecule has 0 spiro atoms. The number of rotatable bonds is 6. The molecule has 0 unspecified atom stereocenters. The van der Waals surface area contributed by atoms with E-state index < -0.39 is 0 Å². The first-order valence-electron chi connectivity index (χ1n) is 11.3. The number of aromatic nitrogens is 5. The lowest BCUT2D eigenvalue weighted by molar-refractivity contribution is -0.132. The van der Waals surface area contributed by atoms with E-state index in [4.69, 9.17) is 4.98 Å². The number of likely N-dealkylation sites (tertiary alicyclic amines) is 1. The molecule has 0 bridgehead atoms. The molecular weight excluding hydrogens is 400 g/mol. The molecule has 1 aromatic carbocycles. The molecule has 1 amide bonds. The van der Waals surface area contributed by atoms with Crippen molar-refractivity contribution in [2.75, 3.05) is 13.1 Å². The number of pyridine rings is 1. The zero-order valence-electron chi connectivity index (χ0n) is 18.4. The summed E-state index contributed by atoms with van der Waals surface area (Å²) >= 11 is 0. The van der Waals surface area contributed by atoms with E-state index in [0.717, 1.165) is 61.3 Å². The van der Waals surface area contributed by atoms with Crippen molar-refractivity contribution >= 4 is 16.9 Å². The molecule has 164 valence electrons. The van der Waals surface area contributed by atoms with Crippen molar-refractivity contribution in [3.05, 3.63) is 66.5 Å². The fourth-order valence-electron chi connectivity index (χ4n) is 4.54. The van der Waals surface area contributed by atoms with Gasteiger partial charge in [-0.1, -0.05) is 35.5 Å². The van der Waals surface area contributed by atoms with Gasteiger partial charge in [0.2, 0.25) is 5.91 Å². The highest BCUT2D eigenvalue weighted by Crippen LogP contribution is 2.24. The number of piperidine rings is 1. The minimum Gasteiger partial charge on any atom is -0.346 e. The number of hydrogen-bond acceptors (Lipinski definition) is 4. The number of amides is 1. The molecule has 0 radical (unpaired) electrons. The maximum absolute atomic E-state index is 12.6. The highest BCUT2D eigenvalue weighted by atomic mass is 16.2. The first kappa shape index (κ1) is 20.4. The average molecular weight is 429 g/mol. The topological polar surface area (TPSA) is 68.8 Å². The van der Waals surface area contributed by atoms with Gasteiger partial charge in [0.1, 0.15) is 5.69 Å². The molecule has 0 saturated carbocycles. The SMILES string of the molecule is Cn1cc(-c2ccc3c(ccn3CC3CCN(C(=O)CCc4ccccc4)CC3)n2)nn1.